The summed E-state index contributed by atoms with van der Waals surface area (Å²) in [4.78, 5) is 0.771. The second kappa shape index (κ2) is 2.64. The van der Waals surface area contributed by atoms with Crippen LogP contribution in [0.15, 0.2) is 23.1 Å². The fourth-order valence-corrected chi connectivity index (χ4v) is 2.30. The van der Waals surface area contributed by atoms with E-state index in [0.29, 0.717) is 5.39 Å². The van der Waals surface area contributed by atoms with Crippen LogP contribution in [0, 0.1) is 5.82 Å². The van der Waals surface area contributed by atoms with Crippen LogP contribution in [-0.2, 0) is 0 Å². The van der Waals surface area contributed by atoms with Gasteiger partial charge in [0.1, 0.15) is 5.00 Å². The number of fused-ring (bicyclic) bond motifs is 1. The smallest absolute Gasteiger partial charge is 0.165 e. The number of nitrogen functional groups attached to an aromatic ring is 1. The van der Waals surface area contributed by atoms with Crippen molar-refractivity contribution in [3.8, 4) is 0 Å². The Morgan fingerprint density at radius 3 is 2.83 bits per heavy atom. The van der Waals surface area contributed by atoms with Gasteiger partial charge in [-0.2, -0.15) is 0 Å². The maximum Gasteiger partial charge on any atom is 0.165 e. The first-order valence-electron chi connectivity index (χ1n) is 3.35. The van der Waals surface area contributed by atoms with Gasteiger partial charge in [0.05, 0.1) is 4.70 Å². The molecule has 1 nitrogen and oxygen atoms in total. The number of benzene rings is 1. The second-order valence-corrected chi connectivity index (χ2v) is 3.97. The van der Waals surface area contributed by atoms with Gasteiger partial charge in [0, 0.05) is 10.3 Å². The molecule has 0 spiro atoms. The zero-order valence-corrected chi connectivity index (χ0v) is 7.75. The summed E-state index contributed by atoms with van der Waals surface area (Å²) >= 11 is 5.43. The number of halogens is 1. The number of hydrogen-bond acceptors (Lipinski definition) is 3. The third kappa shape index (κ3) is 0.990. The number of nitrogens with two attached hydrogens (primary N) is 1. The average molecular weight is 199 g/mol. The van der Waals surface area contributed by atoms with Crippen molar-refractivity contribution in [1.82, 2.24) is 0 Å². The van der Waals surface area contributed by atoms with E-state index in [4.69, 9.17) is 5.73 Å². The minimum absolute atomic E-state index is 0.228. The number of rotatable bonds is 0. The number of anilines is 1. The maximum absolute atomic E-state index is 13.2. The lowest BCUT2D eigenvalue weighted by atomic mass is 10.2. The lowest BCUT2D eigenvalue weighted by molar-refractivity contribution is 0.648. The van der Waals surface area contributed by atoms with Crippen LogP contribution in [0.5, 0.6) is 0 Å². The largest absolute Gasteiger partial charge is 0.388 e. The molecule has 0 aliphatic carbocycles. The molecular weight excluding hydrogens is 193 g/mol. The third-order valence-electron chi connectivity index (χ3n) is 1.66. The Kier molecular flexibility index (Phi) is 1.73. The number of hydrogen-bond donors (Lipinski definition) is 2. The second-order valence-electron chi connectivity index (χ2n) is 2.43. The van der Waals surface area contributed by atoms with Gasteiger partial charge in [0.2, 0.25) is 0 Å². The quantitative estimate of drug-likeness (QED) is 0.627. The van der Waals surface area contributed by atoms with E-state index in [1.165, 1.54) is 11.3 Å². The Bertz CT molecular complexity index is 436. The zero-order chi connectivity index (χ0) is 8.72. The molecule has 0 aliphatic rings. The topological polar surface area (TPSA) is 26.0 Å². The molecular formula is C8H6FNS2. The summed E-state index contributed by atoms with van der Waals surface area (Å²) in [5.74, 6) is -0.328. The molecule has 1 heterocycles. The summed E-state index contributed by atoms with van der Waals surface area (Å²) in [5.41, 5.74) is 5.43. The lowest BCUT2D eigenvalue weighted by Crippen LogP contribution is -1.81. The molecule has 0 aliphatic heterocycles. The van der Waals surface area contributed by atoms with E-state index in [9.17, 15) is 4.39 Å². The van der Waals surface area contributed by atoms with Crippen molar-refractivity contribution >= 4 is 39.1 Å². The van der Waals surface area contributed by atoms with E-state index < -0.39 is 0 Å². The van der Waals surface area contributed by atoms with Gasteiger partial charge in [-0.1, -0.05) is 12.1 Å². The van der Waals surface area contributed by atoms with Gasteiger partial charge in [0.15, 0.2) is 5.82 Å². The minimum Gasteiger partial charge on any atom is -0.388 e. The van der Waals surface area contributed by atoms with Crippen molar-refractivity contribution in [3.63, 3.8) is 0 Å². The molecule has 0 amide bonds. The number of thiol groups is 1. The highest BCUT2D eigenvalue weighted by Crippen LogP contribution is 2.35. The van der Waals surface area contributed by atoms with Crippen LogP contribution in [-0.4, -0.2) is 0 Å². The van der Waals surface area contributed by atoms with E-state index in [-0.39, 0.29) is 10.8 Å². The Morgan fingerprint density at radius 2 is 2.17 bits per heavy atom. The lowest BCUT2D eigenvalue weighted by Gasteiger charge is -1.91. The first-order valence-corrected chi connectivity index (χ1v) is 4.62. The summed E-state index contributed by atoms with van der Waals surface area (Å²) in [6.45, 7) is 0. The van der Waals surface area contributed by atoms with Crippen molar-refractivity contribution < 1.29 is 4.39 Å². The summed E-state index contributed by atoms with van der Waals surface area (Å²) in [5, 5.41) is 0.788. The standard InChI is InChI=1S/C8H6FNS2/c9-6-4-2-1-3-5(11)7(4)12-8(6)10/h1-3,11H,10H2. The normalized spacial score (nSPS) is 10.8. The molecule has 4 heteroatoms. The molecule has 0 saturated heterocycles. The van der Waals surface area contributed by atoms with Crippen molar-refractivity contribution in [1.29, 1.82) is 0 Å². The van der Waals surface area contributed by atoms with E-state index >= 15 is 0 Å². The summed E-state index contributed by atoms with van der Waals surface area (Å²) in [7, 11) is 0. The van der Waals surface area contributed by atoms with E-state index in [2.05, 4.69) is 12.6 Å². The molecule has 0 radical (unpaired) electrons. The van der Waals surface area contributed by atoms with Crippen molar-refractivity contribution in [3.05, 3.63) is 24.0 Å². The van der Waals surface area contributed by atoms with Gasteiger partial charge in [-0.3, -0.25) is 0 Å². The Hall–Kier alpha value is -0.740. The van der Waals surface area contributed by atoms with E-state index in [1.54, 1.807) is 12.1 Å². The molecule has 0 atom stereocenters. The average Bonchev–Trinajstić information content (AvgIpc) is 2.32. The maximum atomic E-state index is 13.2. The first kappa shape index (κ1) is 7.89. The van der Waals surface area contributed by atoms with Gasteiger partial charge >= 0.3 is 0 Å². The predicted molar refractivity (Wildman–Crippen MR) is 53.4 cm³/mol. The highest BCUT2D eigenvalue weighted by molar-refractivity contribution is 7.80. The predicted octanol–water partition coefficient (Wildman–Crippen LogP) is 2.91. The monoisotopic (exact) mass is 199 g/mol. The third-order valence-corrected chi connectivity index (χ3v) is 3.23. The van der Waals surface area contributed by atoms with Gasteiger partial charge in [-0.05, 0) is 6.07 Å². The molecule has 2 N–H and O–H groups in total. The molecule has 62 valence electrons. The summed E-state index contributed by atoms with van der Waals surface area (Å²) in [6, 6.07) is 5.29. The van der Waals surface area contributed by atoms with Gasteiger partial charge < -0.3 is 5.73 Å². The summed E-state index contributed by atoms with van der Waals surface area (Å²) < 4.78 is 14.0. The molecule has 2 aromatic rings. The van der Waals surface area contributed by atoms with Crippen LogP contribution in [0.4, 0.5) is 9.39 Å². The van der Waals surface area contributed by atoms with E-state index in [0.717, 1.165) is 9.60 Å². The molecule has 1 aromatic carbocycles. The van der Waals surface area contributed by atoms with Crippen LogP contribution in [0.2, 0.25) is 0 Å². The van der Waals surface area contributed by atoms with Gasteiger partial charge in [-0.15, -0.1) is 24.0 Å². The van der Waals surface area contributed by atoms with Crippen molar-refractivity contribution in [2.75, 3.05) is 5.73 Å². The van der Waals surface area contributed by atoms with Gasteiger partial charge in [-0.25, -0.2) is 4.39 Å². The van der Waals surface area contributed by atoms with Crippen molar-refractivity contribution in [2.45, 2.75) is 4.90 Å². The Labute approximate surface area is 78.4 Å². The van der Waals surface area contributed by atoms with Crippen LogP contribution in [0.25, 0.3) is 10.1 Å². The van der Waals surface area contributed by atoms with Crippen LogP contribution < -0.4 is 5.73 Å². The molecule has 1 aromatic heterocycles. The van der Waals surface area contributed by atoms with Crippen LogP contribution >= 0.6 is 24.0 Å². The Balaban J connectivity index is 2.95. The molecule has 12 heavy (non-hydrogen) atoms. The fraction of sp³-hybridized carbons (Fsp3) is 0. The SMILES string of the molecule is Nc1sc2c(S)cccc2c1F. The molecule has 0 unspecified atom stereocenters. The van der Waals surface area contributed by atoms with Crippen LogP contribution in [0.3, 0.4) is 0 Å². The van der Waals surface area contributed by atoms with Crippen molar-refractivity contribution in [2.24, 2.45) is 0 Å². The molecule has 0 saturated carbocycles. The molecule has 0 fully saturated rings. The zero-order valence-electron chi connectivity index (χ0n) is 6.04. The molecule has 0 bridgehead atoms. The summed E-state index contributed by atoms with van der Waals surface area (Å²) in [6.07, 6.45) is 0. The highest BCUT2D eigenvalue weighted by atomic mass is 32.1. The first-order chi connectivity index (χ1) is 5.70. The Morgan fingerprint density at radius 1 is 1.42 bits per heavy atom. The fourth-order valence-electron chi connectivity index (χ4n) is 1.09. The van der Waals surface area contributed by atoms with E-state index in [1.807, 2.05) is 6.07 Å². The van der Waals surface area contributed by atoms with Gasteiger partial charge in [0.25, 0.3) is 0 Å². The van der Waals surface area contributed by atoms with Crippen LogP contribution in [0.1, 0.15) is 0 Å². The highest BCUT2D eigenvalue weighted by Gasteiger charge is 2.09. The minimum atomic E-state index is -0.328. The number of thiophene rings is 1. The molecule has 2 rings (SSSR count).